The molecule has 0 aromatic heterocycles. The van der Waals surface area contributed by atoms with Gasteiger partial charge in [0.2, 0.25) is 0 Å². The van der Waals surface area contributed by atoms with Crippen LogP contribution in [0.4, 0.5) is 0 Å². The van der Waals surface area contributed by atoms with E-state index in [1.165, 1.54) is 238 Å². The van der Waals surface area contributed by atoms with Gasteiger partial charge in [-0.3, -0.25) is 37.3 Å². The number of phosphoric acid groups is 2. The Kier molecular flexibility index (Phi) is 70.6. The van der Waals surface area contributed by atoms with Crippen molar-refractivity contribution in [3.8, 4) is 0 Å². The van der Waals surface area contributed by atoms with Gasteiger partial charge in [0, 0.05) is 25.7 Å². The van der Waals surface area contributed by atoms with Crippen molar-refractivity contribution < 1.29 is 80.2 Å². The van der Waals surface area contributed by atoms with Gasteiger partial charge in [0.05, 0.1) is 26.4 Å². The molecule has 19 heteroatoms. The van der Waals surface area contributed by atoms with Crippen LogP contribution in [-0.2, 0) is 65.4 Å². The Hall–Kier alpha value is -1.94. The van der Waals surface area contributed by atoms with Crippen LogP contribution in [0.2, 0.25) is 0 Å². The highest BCUT2D eigenvalue weighted by molar-refractivity contribution is 7.47. The molecule has 2 unspecified atom stereocenters. The van der Waals surface area contributed by atoms with Gasteiger partial charge in [-0.1, -0.05) is 369 Å². The first-order valence-corrected chi connectivity index (χ1v) is 44.1. The molecule has 0 amide bonds. The number of phosphoric ester groups is 2. The number of carbonyl (C=O) groups excluding carboxylic acids is 4. The van der Waals surface area contributed by atoms with Gasteiger partial charge < -0.3 is 33.8 Å². The van der Waals surface area contributed by atoms with E-state index in [2.05, 4.69) is 34.6 Å². The van der Waals surface area contributed by atoms with Gasteiger partial charge in [0.25, 0.3) is 0 Å². The van der Waals surface area contributed by atoms with E-state index in [1.807, 2.05) is 0 Å². The lowest BCUT2D eigenvalue weighted by atomic mass is 10.0. The van der Waals surface area contributed by atoms with Gasteiger partial charge in [-0.05, 0) is 31.6 Å². The van der Waals surface area contributed by atoms with Gasteiger partial charge in [-0.2, -0.15) is 0 Å². The summed E-state index contributed by atoms with van der Waals surface area (Å²) in [5, 5.41) is 10.6. The van der Waals surface area contributed by atoms with Crippen molar-refractivity contribution in [1.82, 2.24) is 0 Å². The zero-order valence-corrected chi connectivity index (χ0v) is 65.7. The third-order valence-electron chi connectivity index (χ3n) is 18.5. The maximum absolute atomic E-state index is 13.1. The Morgan fingerprint density at radius 3 is 0.694 bits per heavy atom. The van der Waals surface area contributed by atoms with Crippen LogP contribution in [0.25, 0.3) is 0 Å². The van der Waals surface area contributed by atoms with Gasteiger partial charge in [0.1, 0.15) is 19.3 Å². The first-order chi connectivity index (χ1) is 47.5. The summed E-state index contributed by atoms with van der Waals surface area (Å²) in [6.45, 7) is 7.26. The van der Waals surface area contributed by atoms with E-state index in [4.69, 9.17) is 37.0 Å². The van der Waals surface area contributed by atoms with Crippen LogP contribution in [0.5, 0.6) is 0 Å². The molecule has 98 heavy (non-hydrogen) atoms. The lowest BCUT2D eigenvalue weighted by Crippen LogP contribution is -2.30. The molecule has 0 bridgehead atoms. The van der Waals surface area contributed by atoms with Crippen LogP contribution in [-0.4, -0.2) is 96.7 Å². The zero-order valence-electron chi connectivity index (χ0n) is 63.9. The fourth-order valence-corrected chi connectivity index (χ4v) is 13.8. The van der Waals surface area contributed by atoms with E-state index in [9.17, 15) is 43.2 Å². The quantitative estimate of drug-likeness (QED) is 0.0222. The monoisotopic (exact) mass is 1440 g/mol. The lowest BCUT2D eigenvalue weighted by molar-refractivity contribution is -0.161. The number of carbonyl (C=O) groups is 4. The molecule has 0 saturated carbocycles. The predicted octanol–water partition coefficient (Wildman–Crippen LogP) is 23.6. The number of aliphatic hydroxyl groups excluding tert-OH is 1. The molecule has 0 aliphatic rings. The first-order valence-electron chi connectivity index (χ1n) is 41.1. The Morgan fingerprint density at radius 2 is 0.469 bits per heavy atom. The fourth-order valence-electron chi connectivity index (χ4n) is 12.2. The molecule has 0 aromatic rings. The predicted molar refractivity (Wildman–Crippen MR) is 400 cm³/mol. The number of unbranched alkanes of at least 4 members (excludes halogenated alkanes) is 51. The number of hydrogen-bond acceptors (Lipinski definition) is 15. The van der Waals surface area contributed by atoms with E-state index >= 15 is 0 Å². The highest BCUT2D eigenvalue weighted by atomic mass is 31.2. The number of rotatable bonds is 79. The Morgan fingerprint density at radius 1 is 0.276 bits per heavy atom. The molecule has 0 aliphatic heterocycles. The fraction of sp³-hybridized carbons (Fsp3) is 0.949. The number of esters is 4. The Bertz CT molecular complexity index is 1870. The maximum Gasteiger partial charge on any atom is 0.472 e. The highest BCUT2D eigenvalue weighted by Crippen LogP contribution is 2.45. The molecule has 0 rings (SSSR count). The first kappa shape index (κ1) is 96.1. The van der Waals surface area contributed by atoms with Crippen LogP contribution in [0.3, 0.4) is 0 Å². The van der Waals surface area contributed by atoms with Crippen molar-refractivity contribution in [1.29, 1.82) is 0 Å². The molecule has 582 valence electrons. The minimum atomic E-state index is -4.96. The molecule has 0 aromatic carbocycles. The van der Waals surface area contributed by atoms with Gasteiger partial charge in [-0.25, -0.2) is 9.13 Å². The summed E-state index contributed by atoms with van der Waals surface area (Å²) in [5.74, 6) is -1.30. The molecule has 0 heterocycles. The summed E-state index contributed by atoms with van der Waals surface area (Å²) in [6, 6.07) is 0. The number of ether oxygens (including phenoxy) is 4. The van der Waals surface area contributed by atoms with E-state index in [-0.39, 0.29) is 25.7 Å². The van der Waals surface area contributed by atoms with Crippen LogP contribution in [0.1, 0.15) is 420 Å². The molecule has 0 fully saturated rings. The number of hydrogen-bond donors (Lipinski definition) is 3. The van der Waals surface area contributed by atoms with Gasteiger partial charge in [0.15, 0.2) is 12.2 Å². The van der Waals surface area contributed by atoms with Crippen molar-refractivity contribution in [3.05, 3.63) is 0 Å². The van der Waals surface area contributed by atoms with Crippen LogP contribution in [0, 0.1) is 5.92 Å². The smallest absolute Gasteiger partial charge is 0.462 e. The van der Waals surface area contributed by atoms with Crippen LogP contribution in [0.15, 0.2) is 0 Å². The van der Waals surface area contributed by atoms with Crippen molar-refractivity contribution >= 4 is 39.5 Å². The Labute approximate surface area is 600 Å². The summed E-state index contributed by atoms with van der Waals surface area (Å²) >= 11 is 0. The van der Waals surface area contributed by atoms with Crippen molar-refractivity contribution in [2.24, 2.45) is 5.92 Å². The molecule has 0 saturated heterocycles. The average molecular weight is 1440 g/mol. The summed E-state index contributed by atoms with van der Waals surface area (Å²) in [6.07, 6.45) is 63.0. The van der Waals surface area contributed by atoms with Gasteiger partial charge >= 0.3 is 39.5 Å². The lowest BCUT2D eigenvalue weighted by Gasteiger charge is -2.21. The molecule has 0 aliphatic carbocycles. The van der Waals surface area contributed by atoms with Crippen molar-refractivity contribution in [2.75, 3.05) is 39.6 Å². The summed E-state index contributed by atoms with van der Waals surface area (Å²) in [5.41, 5.74) is 0. The molecule has 5 atom stereocenters. The topological polar surface area (TPSA) is 237 Å². The number of aliphatic hydroxyl groups is 1. The third kappa shape index (κ3) is 72.4. The van der Waals surface area contributed by atoms with E-state index in [0.29, 0.717) is 25.7 Å². The van der Waals surface area contributed by atoms with E-state index in [1.54, 1.807) is 0 Å². The minimum absolute atomic E-state index is 0.107. The second-order valence-corrected chi connectivity index (χ2v) is 31.8. The van der Waals surface area contributed by atoms with E-state index in [0.717, 1.165) is 102 Å². The summed E-state index contributed by atoms with van der Waals surface area (Å²) in [4.78, 5) is 72.6. The third-order valence-corrected chi connectivity index (χ3v) is 20.4. The summed E-state index contributed by atoms with van der Waals surface area (Å²) in [7, 11) is -9.90. The Balaban J connectivity index is 5.11. The normalized spacial score (nSPS) is 13.9. The SMILES string of the molecule is CCCCCCCCCCCCCCCCCCCCCCC(=O)OC[C@H](COP(=O)(O)OC[C@@H](O)COP(=O)(O)OC[C@@H](COC(=O)CCCCCCC)OC(=O)CCCCCCCCCCCCCC)OC(=O)CCCCCCCCCCCCCCCCCCCCC(C)C. The summed E-state index contributed by atoms with van der Waals surface area (Å²) < 4.78 is 68.4. The van der Waals surface area contributed by atoms with E-state index < -0.39 is 97.5 Å². The van der Waals surface area contributed by atoms with Crippen molar-refractivity contribution in [3.63, 3.8) is 0 Å². The highest BCUT2D eigenvalue weighted by Gasteiger charge is 2.30. The second kappa shape index (κ2) is 72.0. The largest absolute Gasteiger partial charge is 0.472 e. The van der Waals surface area contributed by atoms with Crippen molar-refractivity contribution in [2.45, 2.75) is 438 Å². The maximum atomic E-state index is 13.1. The molecule has 3 N–H and O–H groups in total. The molecule has 17 nitrogen and oxygen atoms in total. The molecule has 0 radical (unpaired) electrons. The van der Waals surface area contributed by atoms with Crippen LogP contribution < -0.4 is 0 Å². The molecule has 0 spiro atoms. The minimum Gasteiger partial charge on any atom is -0.462 e. The van der Waals surface area contributed by atoms with Gasteiger partial charge in [-0.15, -0.1) is 0 Å². The van der Waals surface area contributed by atoms with Crippen LogP contribution >= 0.6 is 15.6 Å². The average Bonchev–Trinajstić information content (AvgIpc) is 1.03. The second-order valence-electron chi connectivity index (χ2n) is 28.9. The molecular weight excluding hydrogens is 1280 g/mol. The molecular formula is C79H154O17P2. The standard InChI is InChI=1S/C79H154O17P2/c1-6-9-12-15-17-19-21-23-24-25-26-27-31-34-37-41-44-48-53-58-63-77(82)90-69-75(96-79(84)65-60-55-50-46-42-38-35-32-29-28-30-33-36-39-43-47-52-56-61-72(4)5)71-94-98(87,88)92-67-73(80)66-91-97(85,86)93-70-74(68-89-76(81)62-57-51-14-11-8-3)95-78(83)64-59-54-49-45-40-22-20-18-16-13-10-7-2/h72-75,80H,6-71H2,1-5H3,(H,85,86)(H,87,88)/t73-,74+,75+/m0/s1. The zero-order chi connectivity index (χ0) is 71.9.